The highest BCUT2D eigenvalue weighted by atomic mass is 32.1. The predicted molar refractivity (Wildman–Crippen MR) is 62.3 cm³/mol. The highest BCUT2D eigenvalue weighted by Crippen LogP contribution is 2.32. The molecule has 0 amide bonds. The summed E-state index contributed by atoms with van der Waals surface area (Å²) in [5.41, 5.74) is 1.44. The molecule has 0 unspecified atom stereocenters. The Bertz CT molecular complexity index is 547. The Morgan fingerprint density at radius 1 is 1.25 bits per heavy atom. The van der Waals surface area contributed by atoms with Crippen molar-refractivity contribution in [2.75, 3.05) is 14.2 Å². The first kappa shape index (κ1) is 10.7. The zero-order valence-electron chi connectivity index (χ0n) is 8.90. The number of hydrogen-bond donors (Lipinski definition) is 2. The van der Waals surface area contributed by atoms with Crippen LogP contribution in [0.3, 0.4) is 0 Å². The van der Waals surface area contributed by atoms with E-state index in [-0.39, 0.29) is 0 Å². The molecular formula is C10H11N3O2S. The van der Waals surface area contributed by atoms with E-state index < -0.39 is 0 Å². The molecule has 0 aliphatic heterocycles. The monoisotopic (exact) mass is 237 g/mol. The maximum absolute atomic E-state index is 5.25. The van der Waals surface area contributed by atoms with E-state index >= 15 is 0 Å². The molecule has 6 heteroatoms. The smallest absolute Gasteiger partial charge is 0.147 e. The third kappa shape index (κ3) is 1.79. The van der Waals surface area contributed by atoms with Gasteiger partial charge in [-0.1, -0.05) is 12.2 Å². The van der Waals surface area contributed by atoms with Crippen LogP contribution in [0.5, 0.6) is 11.5 Å². The molecule has 0 fully saturated rings. The van der Waals surface area contributed by atoms with Gasteiger partial charge in [0.2, 0.25) is 0 Å². The van der Waals surface area contributed by atoms with E-state index in [9.17, 15) is 0 Å². The third-order valence-corrected chi connectivity index (χ3v) is 2.51. The van der Waals surface area contributed by atoms with Gasteiger partial charge in [-0.05, 0) is 18.2 Å². The fourth-order valence-corrected chi connectivity index (χ4v) is 1.63. The van der Waals surface area contributed by atoms with Crippen LogP contribution in [-0.2, 0) is 0 Å². The van der Waals surface area contributed by atoms with E-state index in [0.717, 1.165) is 11.3 Å². The van der Waals surface area contributed by atoms with E-state index in [1.165, 1.54) is 0 Å². The Morgan fingerprint density at radius 2 is 2.06 bits per heavy atom. The lowest BCUT2D eigenvalue weighted by molar-refractivity contribution is 0.404. The number of benzene rings is 1. The summed E-state index contributed by atoms with van der Waals surface area (Å²) in [5, 5.41) is 9.40. The van der Waals surface area contributed by atoms with Gasteiger partial charge in [-0.15, -0.1) is 0 Å². The first-order chi connectivity index (χ1) is 7.76. The molecule has 2 N–H and O–H groups in total. The van der Waals surface area contributed by atoms with Crippen LogP contribution in [-0.4, -0.2) is 29.6 Å². The molecule has 2 aromatic rings. The molecule has 5 nitrogen and oxygen atoms in total. The zero-order valence-corrected chi connectivity index (χ0v) is 9.72. The molecule has 0 bridgehead atoms. The van der Waals surface area contributed by atoms with E-state index in [0.29, 0.717) is 16.1 Å². The van der Waals surface area contributed by atoms with Gasteiger partial charge >= 0.3 is 0 Å². The summed E-state index contributed by atoms with van der Waals surface area (Å²) in [6.07, 6.45) is 0. The number of ether oxygens (including phenoxy) is 2. The number of nitrogens with zero attached hydrogens (tertiary/aromatic N) is 1. The molecular weight excluding hydrogens is 226 g/mol. The minimum Gasteiger partial charge on any atom is -0.497 e. The van der Waals surface area contributed by atoms with Crippen molar-refractivity contribution in [3.05, 3.63) is 22.8 Å². The first-order valence-electron chi connectivity index (χ1n) is 4.61. The van der Waals surface area contributed by atoms with Crippen LogP contribution in [0.2, 0.25) is 0 Å². The maximum atomic E-state index is 5.25. The molecule has 0 aliphatic carbocycles. The Morgan fingerprint density at radius 3 is 2.62 bits per heavy atom. The van der Waals surface area contributed by atoms with Crippen molar-refractivity contribution < 1.29 is 9.47 Å². The molecule has 0 atom stereocenters. The zero-order chi connectivity index (χ0) is 11.5. The number of hydrogen-bond acceptors (Lipinski definition) is 4. The van der Waals surface area contributed by atoms with Gasteiger partial charge in [0.05, 0.1) is 19.8 Å². The minimum absolute atomic E-state index is 0.534. The van der Waals surface area contributed by atoms with Crippen LogP contribution in [0.25, 0.3) is 11.3 Å². The van der Waals surface area contributed by atoms with Gasteiger partial charge in [-0.2, -0.15) is 5.10 Å². The molecule has 1 aromatic carbocycles. The van der Waals surface area contributed by atoms with Crippen molar-refractivity contribution in [2.45, 2.75) is 0 Å². The summed E-state index contributed by atoms with van der Waals surface area (Å²) in [5.74, 6) is 1.43. The molecule has 1 aromatic heterocycles. The van der Waals surface area contributed by atoms with Crippen LogP contribution >= 0.6 is 12.2 Å². The quantitative estimate of drug-likeness (QED) is 0.803. The summed E-state index contributed by atoms with van der Waals surface area (Å²) in [6, 6.07) is 5.47. The lowest BCUT2D eigenvalue weighted by Crippen LogP contribution is -1.90. The standard InChI is InChI=1S/C10H11N3O2S/c1-14-6-3-4-8(15-2)7(5-6)9-10(16)12-13-11-9/h3-5H,1-2H3,(H2,11,12,13,16). The van der Waals surface area contributed by atoms with Gasteiger partial charge in [0.1, 0.15) is 21.8 Å². The van der Waals surface area contributed by atoms with E-state index in [1.54, 1.807) is 14.2 Å². The summed E-state index contributed by atoms with van der Waals surface area (Å²) < 4.78 is 10.9. The largest absolute Gasteiger partial charge is 0.497 e. The van der Waals surface area contributed by atoms with E-state index in [4.69, 9.17) is 21.7 Å². The van der Waals surface area contributed by atoms with Gasteiger partial charge in [0.15, 0.2) is 0 Å². The number of methoxy groups -OCH3 is 2. The van der Waals surface area contributed by atoms with Crippen molar-refractivity contribution in [3.8, 4) is 22.8 Å². The van der Waals surface area contributed by atoms with Crippen molar-refractivity contribution in [3.63, 3.8) is 0 Å². The van der Waals surface area contributed by atoms with E-state index in [1.807, 2.05) is 18.2 Å². The Balaban J connectivity index is 2.62. The fourth-order valence-electron chi connectivity index (χ4n) is 1.43. The summed E-state index contributed by atoms with van der Waals surface area (Å²) in [4.78, 5) is 0. The maximum Gasteiger partial charge on any atom is 0.147 e. The van der Waals surface area contributed by atoms with Gasteiger partial charge in [0.25, 0.3) is 0 Å². The number of H-pyrrole nitrogens is 2. The van der Waals surface area contributed by atoms with Gasteiger partial charge in [-0.3, -0.25) is 5.10 Å². The third-order valence-electron chi connectivity index (χ3n) is 2.21. The van der Waals surface area contributed by atoms with Gasteiger partial charge in [0, 0.05) is 0 Å². The van der Waals surface area contributed by atoms with Crippen LogP contribution in [0.4, 0.5) is 0 Å². The van der Waals surface area contributed by atoms with E-state index in [2.05, 4.69) is 15.4 Å². The molecule has 0 saturated heterocycles. The number of aromatic amines is 2. The Kier molecular flexibility index (Phi) is 2.91. The number of nitrogens with one attached hydrogen (secondary N) is 2. The second-order valence-corrected chi connectivity index (χ2v) is 3.50. The van der Waals surface area contributed by atoms with Gasteiger partial charge < -0.3 is 9.47 Å². The molecule has 0 radical (unpaired) electrons. The minimum atomic E-state index is 0.534. The predicted octanol–water partition coefficient (Wildman–Crippen LogP) is 2.15. The number of rotatable bonds is 3. The average molecular weight is 237 g/mol. The van der Waals surface area contributed by atoms with Gasteiger partial charge in [-0.25, -0.2) is 5.21 Å². The van der Waals surface area contributed by atoms with Crippen molar-refractivity contribution in [1.82, 2.24) is 15.4 Å². The molecule has 0 saturated carbocycles. The molecule has 2 rings (SSSR count). The summed E-state index contributed by atoms with van der Waals surface area (Å²) in [6.45, 7) is 0. The average Bonchev–Trinajstić information content (AvgIpc) is 2.74. The Labute approximate surface area is 97.4 Å². The second-order valence-electron chi connectivity index (χ2n) is 3.09. The molecule has 16 heavy (non-hydrogen) atoms. The lowest BCUT2D eigenvalue weighted by Gasteiger charge is -2.07. The summed E-state index contributed by atoms with van der Waals surface area (Å²) >= 11 is 5.11. The Hall–Kier alpha value is -1.82. The highest BCUT2D eigenvalue weighted by Gasteiger charge is 2.11. The van der Waals surface area contributed by atoms with Crippen LogP contribution in [0.15, 0.2) is 18.2 Å². The molecule has 84 valence electrons. The van der Waals surface area contributed by atoms with Crippen LogP contribution in [0.1, 0.15) is 0 Å². The lowest BCUT2D eigenvalue weighted by atomic mass is 10.1. The SMILES string of the molecule is COc1ccc(OC)c(-c2n[nH][nH]c2=S)c1. The van der Waals surface area contributed by atoms with Crippen LogP contribution < -0.4 is 9.47 Å². The first-order valence-corrected chi connectivity index (χ1v) is 5.02. The van der Waals surface area contributed by atoms with Crippen molar-refractivity contribution in [2.24, 2.45) is 0 Å². The van der Waals surface area contributed by atoms with Crippen molar-refractivity contribution >= 4 is 12.2 Å². The highest BCUT2D eigenvalue weighted by molar-refractivity contribution is 7.71. The second kappa shape index (κ2) is 4.36. The number of aromatic nitrogens is 3. The molecule has 0 aliphatic rings. The van der Waals surface area contributed by atoms with Crippen LogP contribution in [0, 0.1) is 4.64 Å². The summed E-state index contributed by atoms with van der Waals surface area (Å²) in [7, 11) is 3.21. The normalized spacial score (nSPS) is 10.1. The van der Waals surface area contributed by atoms with Crippen molar-refractivity contribution in [1.29, 1.82) is 0 Å². The molecule has 1 heterocycles. The topological polar surface area (TPSA) is 62.9 Å². The molecule has 0 spiro atoms. The fraction of sp³-hybridized carbons (Fsp3) is 0.200.